The minimum absolute atomic E-state index is 0.0295. The number of hydrogen-bond donors (Lipinski definition) is 1. The Morgan fingerprint density at radius 3 is 2.60 bits per heavy atom. The number of pyridine rings is 1. The third-order valence-electron chi connectivity index (χ3n) is 7.01. The van der Waals surface area contributed by atoms with Crippen LogP contribution in [0.3, 0.4) is 0 Å². The Hall–Kier alpha value is -2.84. The first-order chi connectivity index (χ1) is 16.5. The molecule has 0 saturated carbocycles. The highest BCUT2D eigenvalue weighted by molar-refractivity contribution is 6.00. The molecule has 8 heteroatoms. The molecule has 35 heavy (non-hydrogen) atoms. The van der Waals surface area contributed by atoms with E-state index in [-0.39, 0.29) is 18.2 Å². The monoisotopic (exact) mass is 483 g/mol. The van der Waals surface area contributed by atoms with Crippen LogP contribution in [0.25, 0.3) is 22.3 Å². The molecule has 2 aromatic heterocycles. The van der Waals surface area contributed by atoms with Gasteiger partial charge in [-0.05, 0) is 58.7 Å². The summed E-state index contributed by atoms with van der Waals surface area (Å²) in [6.07, 6.45) is 1.63. The predicted molar refractivity (Wildman–Crippen MR) is 132 cm³/mol. The van der Waals surface area contributed by atoms with Gasteiger partial charge in [-0.1, -0.05) is 12.1 Å². The molecule has 0 aliphatic carbocycles. The van der Waals surface area contributed by atoms with Gasteiger partial charge in [0, 0.05) is 55.3 Å². The zero-order valence-corrected chi connectivity index (χ0v) is 21.0. The topological polar surface area (TPSA) is 86.5 Å². The van der Waals surface area contributed by atoms with Gasteiger partial charge in [-0.2, -0.15) is 5.10 Å². The van der Waals surface area contributed by atoms with E-state index in [0.717, 1.165) is 11.1 Å². The second-order valence-corrected chi connectivity index (χ2v) is 10.2. The van der Waals surface area contributed by atoms with Crippen LogP contribution in [0.2, 0.25) is 0 Å². The van der Waals surface area contributed by atoms with Crippen molar-refractivity contribution in [3.63, 3.8) is 0 Å². The fourth-order valence-electron chi connectivity index (χ4n) is 4.84. The molecule has 1 aliphatic rings. The van der Waals surface area contributed by atoms with Gasteiger partial charge in [0.2, 0.25) is 6.36 Å². The summed E-state index contributed by atoms with van der Waals surface area (Å²) in [6, 6.07) is 8.96. The highest BCUT2D eigenvalue weighted by atomic mass is 19.1. The van der Waals surface area contributed by atoms with E-state index in [4.69, 9.17) is 14.6 Å². The Balaban J connectivity index is 1.73. The molecule has 4 rings (SSSR count). The molecule has 0 amide bonds. The number of alkyl halides is 1. The van der Waals surface area contributed by atoms with E-state index in [9.17, 15) is 14.3 Å². The lowest BCUT2D eigenvalue weighted by atomic mass is 9.65. The number of carbonyl (C=O) groups excluding carboxylic acids is 1. The minimum Gasteiger partial charge on any atom is -0.461 e. The predicted octanol–water partition coefficient (Wildman–Crippen LogP) is 5.51. The molecule has 0 spiro atoms. The Kier molecular flexibility index (Phi) is 6.97. The van der Waals surface area contributed by atoms with Crippen LogP contribution < -0.4 is 4.74 Å². The van der Waals surface area contributed by atoms with E-state index < -0.39 is 17.4 Å². The number of aliphatic hydroxyl groups is 1. The molecule has 0 radical (unpaired) electrons. The average molecular weight is 484 g/mol. The van der Waals surface area contributed by atoms with Gasteiger partial charge < -0.3 is 14.6 Å². The van der Waals surface area contributed by atoms with Crippen molar-refractivity contribution in [1.29, 1.82) is 0 Å². The lowest BCUT2D eigenvalue weighted by Gasteiger charge is -2.45. The van der Waals surface area contributed by atoms with E-state index in [1.165, 1.54) is 6.92 Å². The molecule has 1 saturated heterocycles. The zero-order chi connectivity index (χ0) is 25.4. The summed E-state index contributed by atoms with van der Waals surface area (Å²) in [5.74, 6) is 0.346. The molecule has 188 valence electrons. The van der Waals surface area contributed by atoms with Crippen molar-refractivity contribution in [2.45, 2.75) is 71.9 Å². The number of halogens is 1. The smallest absolute Gasteiger partial charge is 0.235 e. The molecule has 7 nitrogen and oxygen atoms in total. The van der Waals surface area contributed by atoms with E-state index >= 15 is 0 Å². The number of carbonyl (C=O) groups is 1. The molecule has 1 fully saturated rings. The molecule has 1 N–H and O–H groups in total. The Bertz CT molecular complexity index is 1210. The molecule has 1 unspecified atom stereocenters. The van der Waals surface area contributed by atoms with Crippen LogP contribution >= 0.6 is 0 Å². The van der Waals surface area contributed by atoms with Gasteiger partial charge in [-0.15, -0.1) is 0 Å². The maximum absolute atomic E-state index is 13.4. The molecule has 1 aliphatic heterocycles. The number of nitrogens with zero attached hydrogens (tertiary/aromatic N) is 3. The number of Topliss-reactive ketones (excluding diaryl/α,β-unsaturated/α-hetero) is 1. The van der Waals surface area contributed by atoms with E-state index in [1.54, 1.807) is 38.2 Å². The highest BCUT2D eigenvalue weighted by Crippen LogP contribution is 2.45. The van der Waals surface area contributed by atoms with Gasteiger partial charge in [0.25, 0.3) is 0 Å². The lowest BCUT2D eigenvalue weighted by Crippen LogP contribution is -2.48. The quantitative estimate of drug-likeness (QED) is 0.425. The van der Waals surface area contributed by atoms with E-state index in [1.807, 2.05) is 30.7 Å². The van der Waals surface area contributed by atoms with Crippen LogP contribution in [0.4, 0.5) is 4.39 Å². The standard InChI is InChI=1S/C27H34FN3O4/c1-17(2)31-22-14-20(23(32)15-27(26(4,5)33)9-11-34-12-10-27)16-29-25(22)24(30-31)19-7-6-8-21(13-19)35-18(3)28/h6-8,13-14,16-18,33H,9-12,15H2,1-5H3. The van der Waals surface area contributed by atoms with Crippen LogP contribution in [0.15, 0.2) is 36.5 Å². The van der Waals surface area contributed by atoms with Gasteiger partial charge in [-0.25, -0.2) is 4.39 Å². The second kappa shape index (κ2) is 9.66. The summed E-state index contributed by atoms with van der Waals surface area (Å²) in [5.41, 5.74) is 1.73. The highest BCUT2D eigenvalue weighted by Gasteiger charge is 2.46. The summed E-state index contributed by atoms with van der Waals surface area (Å²) in [7, 11) is 0. The maximum Gasteiger partial charge on any atom is 0.235 e. The fourth-order valence-corrected chi connectivity index (χ4v) is 4.84. The first-order valence-corrected chi connectivity index (χ1v) is 12.1. The van der Waals surface area contributed by atoms with Gasteiger partial charge in [0.05, 0.1) is 11.1 Å². The lowest BCUT2D eigenvalue weighted by molar-refractivity contribution is -0.111. The van der Waals surface area contributed by atoms with Gasteiger partial charge in [0.15, 0.2) is 5.78 Å². The normalized spacial score (nSPS) is 17.0. The molecule has 0 bridgehead atoms. The number of fused-ring (bicyclic) bond motifs is 1. The number of ether oxygens (including phenoxy) is 2. The van der Waals surface area contributed by atoms with Crippen LogP contribution in [-0.2, 0) is 4.74 Å². The number of benzene rings is 1. The van der Waals surface area contributed by atoms with Crippen molar-refractivity contribution in [1.82, 2.24) is 14.8 Å². The summed E-state index contributed by atoms with van der Waals surface area (Å²) in [4.78, 5) is 18.1. The molecule has 1 aromatic carbocycles. The van der Waals surface area contributed by atoms with Crippen molar-refractivity contribution in [3.05, 3.63) is 42.1 Å². The second-order valence-electron chi connectivity index (χ2n) is 10.2. The van der Waals surface area contributed by atoms with Gasteiger partial charge >= 0.3 is 0 Å². The summed E-state index contributed by atoms with van der Waals surface area (Å²) in [5, 5.41) is 15.7. The van der Waals surface area contributed by atoms with Crippen LogP contribution in [0.1, 0.15) is 70.3 Å². The molecule has 3 aromatic rings. The van der Waals surface area contributed by atoms with Crippen LogP contribution in [-0.4, -0.2) is 50.8 Å². The average Bonchev–Trinajstić information content (AvgIpc) is 3.18. The van der Waals surface area contributed by atoms with E-state index in [0.29, 0.717) is 48.6 Å². The molecular formula is C27H34FN3O4. The Labute approximate surface area is 205 Å². The van der Waals surface area contributed by atoms with Crippen molar-refractivity contribution >= 4 is 16.8 Å². The van der Waals surface area contributed by atoms with E-state index in [2.05, 4.69) is 4.98 Å². The van der Waals surface area contributed by atoms with Gasteiger partial charge in [0.1, 0.15) is 17.0 Å². The summed E-state index contributed by atoms with van der Waals surface area (Å²) >= 11 is 0. The van der Waals surface area contributed by atoms with Crippen molar-refractivity contribution < 1.29 is 23.8 Å². The van der Waals surface area contributed by atoms with Crippen molar-refractivity contribution in [2.75, 3.05) is 13.2 Å². The third-order valence-corrected chi connectivity index (χ3v) is 7.01. The molecular weight excluding hydrogens is 449 g/mol. The van der Waals surface area contributed by atoms with Crippen LogP contribution in [0.5, 0.6) is 5.75 Å². The maximum atomic E-state index is 13.4. The molecule has 1 atom stereocenters. The first-order valence-electron chi connectivity index (χ1n) is 12.1. The van der Waals surface area contributed by atoms with Crippen LogP contribution in [0, 0.1) is 5.41 Å². The first kappa shape index (κ1) is 25.3. The third kappa shape index (κ3) is 5.09. The number of aromatic nitrogens is 3. The van der Waals surface area contributed by atoms with Crippen molar-refractivity contribution in [3.8, 4) is 17.0 Å². The Morgan fingerprint density at radius 2 is 1.97 bits per heavy atom. The fraction of sp³-hybridized carbons (Fsp3) is 0.519. The summed E-state index contributed by atoms with van der Waals surface area (Å²) < 4.78 is 25.9. The SMILES string of the molecule is CC(F)Oc1cccc(-c2nn(C(C)C)c3cc(C(=O)CC4(C(C)(C)O)CCOCC4)cnc23)c1. The number of ketones is 1. The minimum atomic E-state index is -1.43. The zero-order valence-electron chi connectivity index (χ0n) is 21.0. The van der Waals surface area contributed by atoms with Gasteiger partial charge in [-0.3, -0.25) is 14.5 Å². The number of hydrogen-bond acceptors (Lipinski definition) is 6. The number of rotatable bonds is 8. The van der Waals surface area contributed by atoms with Crippen molar-refractivity contribution in [2.24, 2.45) is 5.41 Å². The Morgan fingerprint density at radius 1 is 1.26 bits per heavy atom. The largest absolute Gasteiger partial charge is 0.461 e. The molecule has 3 heterocycles. The summed E-state index contributed by atoms with van der Waals surface area (Å²) in [6.45, 7) is 9.96.